The molecule has 2 aliphatic rings. The number of amides is 2. The molecule has 2 heterocycles. The number of carbonyl (C=O) groups is 2. The second-order valence-corrected chi connectivity index (χ2v) is 11.5. The van der Waals surface area contributed by atoms with Crippen LogP contribution in [0.5, 0.6) is 0 Å². The third-order valence-corrected chi connectivity index (χ3v) is 9.17. The highest BCUT2D eigenvalue weighted by molar-refractivity contribution is 7.89. The summed E-state index contributed by atoms with van der Waals surface area (Å²) in [6, 6.07) is 8.37. The molecular formula is C22H28N4O4S2. The highest BCUT2D eigenvalue weighted by Crippen LogP contribution is 2.39. The molecule has 0 bridgehead atoms. The van der Waals surface area contributed by atoms with Gasteiger partial charge in [0.05, 0.1) is 17.0 Å². The van der Waals surface area contributed by atoms with Gasteiger partial charge in [0.25, 0.3) is 5.91 Å². The van der Waals surface area contributed by atoms with Crippen LogP contribution in [0.3, 0.4) is 0 Å². The van der Waals surface area contributed by atoms with Crippen LogP contribution in [-0.2, 0) is 27.7 Å². The minimum absolute atomic E-state index is 0.135. The number of anilines is 1. The summed E-state index contributed by atoms with van der Waals surface area (Å²) in [7, 11) is -3.53. The molecular weight excluding hydrogens is 448 g/mol. The first-order valence-electron chi connectivity index (χ1n) is 10.8. The second-order valence-electron chi connectivity index (χ2n) is 8.46. The molecule has 4 rings (SSSR count). The van der Waals surface area contributed by atoms with Crippen molar-refractivity contribution >= 4 is 38.2 Å². The molecule has 8 nitrogen and oxygen atoms in total. The molecule has 10 heteroatoms. The van der Waals surface area contributed by atoms with E-state index in [2.05, 4.69) is 12.2 Å². The average molecular weight is 477 g/mol. The number of nitrogens with one attached hydrogen (secondary N) is 1. The molecule has 1 atom stereocenters. The van der Waals surface area contributed by atoms with Gasteiger partial charge in [-0.15, -0.1) is 11.3 Å². The van der Waals surface area contributed by atoms with Gasteiger partial charge >= 0.3 is 0 Å². The van der Waals surface area contributed by atoms with Crippen molar-refractivity contribution < 1.29 is 18.0 Å². The van der Waals surface area contributed by atoms with Crippen LogP contribution >= 0.6 is 11.3 Å². The van der Waals surface area contributed by atoms with E-state index in [0.29, 0.717) is 42.7 Å². The number of thiophene rings is 1. The van der Waals surface area contributed by atoms with Gasteiger partial charge in [-0.1, -0.05) is 25.1 Å². The van der Waals surface area contributed by atoms with Gasteiger partial charge in [0.2, 0.25) is 15.9 Å². The van der Waals surface area contributed by atoms with E-state index in [1.807, 2.05) is 4.90 Å². The largest absolute Gasteiger partial charge is 0.365 e. The fourth-order valence-electron chi connectivity index (χ4n) is 4.34. The summed E-state index contributed by atoms with van der Waals surface area (Å²) in [5, 5.41) is 3.42. The predicted molar refractivity (Wildman–Crippen MR) is 124 cm³/mol. The molecule has 1 saturated heterocycles. The van der Waals surface area contributed by atoms with Gasteiger partial charge in [-0.2, -0.15) is 4.31 Å². The molecule has 0 saturated carbocycles. The zero-order chi connectivity index (χ0) is 22.9. The highest BCUT2D eigenvalue weighted by atomic mass is 32.2. The minimum Gasteiger partial charge on any atom is -0.365 e. The van der Waals surface area contributed by atoms with Crippen molar-refractivity contribution in [3.05, 3.63) is 46.3 Å². The Morgan fingerprint density at radius 1 is 1.16 bits per heavy atom. The summed E-state index contributed by atoms with van der Waals surface area (Å²) in [5.41, 5.74) is 7.06. The molecule has 3 N–H and O–H groups in total. The van der Waals surface area contributed by atoms with Gasteiger partial charge in [-0.05, 0) is 42.9 Å². The first kappa shape index (κ1) is 22.9. The van der Waals surface area contributed by atoms with E-state index in [0.717, 1.165) is 29.7 Å². The molecule has 172 valence electrons. The van der Waals surface area contributed by atoms with Crippen LogP contribution in [0.4, 0.5) is 5.00 Å². The van der Waals surface area contributed by atoms with Crippen molar-refractivity contribution in [3.63, 3.8) is 0 Å². The van der Waals surface area contributed by atoms with Crippen LogP contribution in [0.1, 0.15) is 34.1 Å². The lowest BCUT2D eigenvalue weighted by atomic mass is 9.88. The number of primary amides is 1. The van der Waals surface area contributed by atoms with Gasteiger partial charge in [0.1, 0.15) is 5.00 Å². The Hall–Kier alpha value is -2.27. The number of sulfonamides is 1. The molecule has 0 unspecified atom stereocenters. The molecule has 1 aliphatic heterocycles. The Balaban J connectivity index is 1.37. The number of hydrogen-bond donors (Lipinski definition) is 2. The van der Waals surface area contributed by atoms with Gasteiger partial charge in [-0.25, -0.2) is 8.42 Å². The van der Waals surface area contributed by atoms with Crippen molar-refractivity contribution in [1.82, 2.24) is 9.21 Å². The molecule has 1 aliphatic carbocycles. The Bertz CT molecular complexity index is 1110. The van der Waals surface area contributed by atoms with Crippen LogP contribution in [0.2, 0.25) is 0 Å². The third-order valence-electron chi connectivity index (χ3n) is 6.09. The molecule has 32 heavy (non-hydrogen) atoms. The maximum atomic E-state index is 12.8. The Labute approximate surface area is 192 Å². The maximum Gasteiger partial charge on any atom is 0.251 e. The third kappa shape index (κ3) is 4.73. The fraction of sp³-hybridized carbons (Fsp3) is 0.455. The predicted octanol–water partition coefficient (Wildman–Crippen LogP) is 1.92. The standard InChI is InChI=1S/C22H28N4O4S2/c1-15-7-8-17-18(13-15)31-22(20(17)21(23)28)24-19(27)14-25-9-11-26(12-10-25)32(29,30)16-5-3-2-4-6-16/h2-6,15H,7-14H2,1H3,(H2,23,28)(H,24,27)/t15-/m1/s1. The number of fused-ring (bicyclic) bond motifs is 1. The summed E-state index contributed by atoms with van der Waals surface area (Å²) in [6.07, 6.45) is 2.71. The Morgan fingerprint density at radius 3 is 2.50 bits per heavy atom. The summed E-state index contributed by atoms with van der Waals surface area (Å²) in [5.74, 6) is -0.181. The topological polar surface area (TPSA) is 113 Å². The molecule has 2 amide bonds. The summed E-state index contributed by atoms with van der Waals surface area (Å²) < 4.78 is 27.0. The van der Waals surface area contributed by atoms with E-state index < -0.39 is 15.9 Å². The Morgan fingerprint density at radius 2 is 1.84 bits per heavy atom. The first-order valence-corrected chi connectivity index (χ1v) is 13.0. The second kappa shape index (κ2) is 9.30. The van der Waals surface area contributed by atoms with Crippen molar-refractivity contribution in [3.8, 4) is 0 Å². The van der Waals surface area contributed by atoms with Crippen LogP contribution < -0.4 is 11.1 Å². The quantitative estimate of drug-likeness (QED) is 0.661. The fourth-order valence-corrected chi connectivity index (χ4v) is 7.21. The zero-order valence-corrected chi connectivity index (χ0v) is 19.7. The van der Waals surface area contributed by atoms with Gasteiger partial charge in [0.15, 0.2) is 0 Å². The van der Waals surface area contributed by atoms with Crippen LogP contribution in [0.15, 0.2) is 35.2 Å². The minimum atomic E-state index is -3.53. The SMILES string of the molecule is C[C@@H]1CCc2c(sc(NC(=O)CN3CCN(S(=O)(=O)c4ccccc4)CC3)c2C(N)=O)C1. The molecule has 2 aromatic rings. The molecule has 1 aromatic carbocycles. The van der Waals surface area contributed by atoms with Crippen molar-refractivity contribution in [1.29, 1.82) is 0 Å². The number of nitrogens with two attached hydrogens (primary N) is 1. The summed E-state index contributed by atoms with van der Waals surface area (Å²) in [6.45, 7) is 3.88. The summed E-state index contributed by atoms with van der Waals surface area (Å²) >= 11 is 1.45. The van der Waals surface area contributed by atoms with Crippen molar-refractivity contribution in [2.24, 2.45) is 11.7 Å². The van der Waals surface area contributed by atoms with E-state index in [4.69, 9.17) is 5.73 Å². The van der Waals surface area contributed by atoms with E-state index in [1.54, 1.807) is 30.3 Å². The van der Waals surface area contributed by atoms with E-state index >= 15 is 0 Å². The van der Waals surface area contributed by atoms with Gasteiger partial charge < -0.3 is 11.1 Å². The van der Waals surface area contributed by atoms with E-state index in [-0.39, 0.29) is 17.3 Å². The van der Waals surface area contributed by atoms with E-state index in [1.165, 1.54) is 15.6 Å². The summed E-state index contributed by atoms with van der Waals surface area (Å²) in [4.78, 5) is 28.1. The number of hydrogen-bond acceptors (Lipinski definition) is 6. The van der Waals surface area contributed by atoms with Crippen LogP contribution in [-0.4, -0.2) is 62.2 Å². The van der Waals surface area contributed by atoms with Gasteiger partial charge in [-0.3, -0.25) is 14.5 Å². The smallest absolute Gasteiger partial charge is 0.251 e. The number of rotatable bonds is 6. The van der Waals surface area contributed by atoms with Gasteiger partial charge in [0, 0.05) is 31.1 Å². The number of carbonyl (C=O) groups excluding carboxylic acids is 2. The molecule has 1 aromatic heterocycles. The average Bonchev–Trinajstić information content (AvgIpc) is 3.11. The van der Waals surface area contributed by atoms with Crippen LogP contribution in [0, 0.1) is 5.92 Å². The lowest BCUT2D eigenvalue weighted by Crippen LogP contribution is -2.50. The normalized spacial score (nSPS) is 20.0. The van der Waals surface area contributed by atoms with Crippen molar-refractivity contribution in [2.75, 3.05) is 38.0 Å². The van der Waals surface area contributed by atoms with Crippen molar-refractivity contribution in [2.45, 2.75) is 31.1 Å². The first-order chi connectivity index (χ1) is 15.3. The molecule has 0 radical (unpaired) electrons. The highest BCUT2D eigenvalue weighted by Gasteiger charge is 2.30. The monoisotopic (exact) mass is 476 g/mol. The lowest BCUT2D eigenvalue weighted by molar-refractivity contribution is -0.117. The maximum absolute atomic E-state index is 12.8. The molecule has 0 spiro atoms. The number of benzene rings is 1. The zero-order valence-electron chi connectivity index (χ0n) is 18.0. The van der Waals surface area contributed by atoms with E-state index in [9.17, 15) is 18.0 Å². The molecule has 1 fully saturated rings. The van der Waals surface area contributed by atoms with Crippen LogP contribution in [0.25, 0.3) is 0 Å². The Kier molecular flexibility index (Phi) is 6.66. The number of piperazine rings is 1. The number of nitrogens with zero attached hydrogens (tertiary/aromatic N) is 2. The lowest BCUT2D eigenvalue weighted by Gasteiger charge is -2.33.